The lowest BCUT2D eigenvalue weighted by molar-refractivity contribution is -0.135. The largest absolute Gasteiger partial charge is 0.480 e. The maximum atomic E-state index is 11.1. The number of carboxylic acids is 1. The van der Waals surface area contributed by atoms with E-state index in [-0.39, 0.29) is 6.54 Å². The number of aliphatic carboxylic acids is 1. The molecule has 0 bridgehead atoms. The van der Waals surface area contributed by atoms with Crippen molar-refractivity contribution in [2.24, 2.45) is 0 Å². The number of ether oxygens (including phenoxy) is 1. The summed E-state index contributed by atoms with van der Waals surface area (Å²) in [6, 6.07) is 9.59. The minimum Gasteiger partial charge on any atom is -0.480 e. The topological polar surface area (TPSA) is 65.6 Å². The van der Waals surface area contributed by atoms with Crippen LogP contribution in [0.4, 0.5) is 5.69 Å². The highest BCUT2D eigenvalue weighted by molar-refractivity contribution is 6.32. The number of aryl methyl sites for hydroxylation is 1. The van der Waals surface area contributed by atoms with Gasteiger partial charge in [-0.15, -0.1) is 0 Å². The van der Waals surface area contributed by atoms with Crippen molar-refractivity contribution in [3.8, 4) is 11.5 Å². The van der Waals surface area contributed by atoms with Gasteiger partial charge in [0.2, 0.25) is 0 Å². The highest BCUT2D eigenvalue weighted by Gasteiger charge is 2.15. The number of fused-ring (bicyclic) bond motifs is 1. The number of benzene rings is 2. The number of hydrogen-bond donors (Lipinski definition) is 2. The van der Waals surface area contributed by atoms with Gasteiger partial charge in [-0.05, 0) is 61.2 Å². The summed E-state index contributed by atoms with van der Waals surface area (Å²) in [7, 11) is 0. The molecule has 28 heavy (non-hydrogen) atoms. The van der Waals surface area contributed by atoms with E-state index in [4.69, 9.17) is 21.4 Å². The molecule has 0 radical (unpaired) electrons. The molecule has 0 saturated carbocycles. The van der Waals surface area contributed by atoms with Crippen LogP contribution in [0.1, 0.15) is 37.8 Å². The molecule has 2 N–H and O–H groups in total. The SMILES string of the molecule is CCN(CC(=O)O)c1cc(C)c(Oc2ccc3[nH]cc(C(C)C)c3c2)c(Cl)c1. The molecule has 0 amide bonds. The van der Waals surface area contributed by atoms with Gasteiger partial charge in [0.25, 0.3) is 0 Å². The van der Waals surface area contributed by atoms with Crippen molar-refractivity contribution in [3.63, 3.8) is 0 Å². The molecule has 0 saturated heterocycles. The number of nitrogens with one attached hydrogen (secondary N) is 1. The number of carboxylic acid groups (broad SMARTS) is 1. The first kappa shape index (κ1) is 20.1. The number of carbonyl (C=O) groups is 1. The first-order chi connectivity index (χ1) is 13.3. The van der Waals surface area contributed by atoms with E-state index in [1.165, 1.54) is 5.56 Å². The third kappa shape index (κ3) is 4.09. The van der Waals surface area contributed by atoms with Gasteiger partial charge in [-0.1, -0.05) is 25.4 Å². The molecule has 0 aliphatic carbocycles. The normalized spacial score (nSPS) is 11.2. The molecular formula is C22H25ClN2O3. The Kier molecular flexibility index (Phi) is 5.84. The number of nitrogens with zero attached hydrogens (tertiary/aromatic N) is 1. The second-order valence-corrected chi connectivity index (χ2v) is 7.60. The molecule has 2 aromatic carbocycles. The lowest BCUT2D eigenvalue weighted by Crippen LogP contribution is -2.29. The van der Waals surface area contributed by atoms with Gasteiger partial charge in [-0.25, -0.2) is 0 Å². The van der Waals surface area contributed by atoms with E-state index in [9.17, 15) is 4.79 Å². The molecule has 0 aliphatic heterocycles. The molecule has 3 rings (SSSR count). The molecule has 1 aromatic heterocycles. The van der Waals surface area contributed by atoms with Crippen LogP contribution >= 0.6 is 11.6 Å². The number of H-pyrrole nitrogens is 1. The van der Waals surface area contributed by atoms with Gasteiger partial charge in [-0.2, -0.15) is 0 Å². The molecule has 3 aromatic rings. The Labute approximate surface area is 169 Å². The Hall–Kier alpha value is -2.66. The number of aromatic nitrogens is 1. The van der Waals surface area contributed by atoms with Gasteiger partial charge in [0, 0.05) is 29.3 Å². The molecule has 0 aliphatic rings. The number of anilines is 1. The van der Waals surface area contributed by atoms with Crippen LogP contribution in [0, 0.1) is 6.92 Å². The first-order valence-corrected chi connectivity index (χ1v) is 9.73. The fraction of sp³-hybridized carbons (Fsp3) is 0.318. The third-order valence-electron chi connectivity index (χ3n) is 4.81. The molecule has 0 spiro atoms. The van der Waals surface area contributed by atoms with Gasteiger partial charge in [0.1, 0.15) is 18.0 Å². The zero-order valence-corrected chi connectivity index (χ0v) is 17.3. The fourth-order valence-electron chi connectivity index (χ4n) is 3.35. The molecule has 0 fully saturated rings. The maximum Gasteiger partial charge on any atom is 0.323 e. The zero-order valence-electron chi connectivity index (χ0n) is 16.5. The molecule has 5 nitrogen and oxygen atoms in total. The summed E-state index contributed by atoms with van der Waals surface area (Å²) in [5, 5.41) is 10.7. The molecular weight excluding hydrogens is 376 g/mol. The number of likely N-dealkylation sites (N-methyl/N-ethyl adjacent to an activating group) is 1. The molecule has 0 unspecified atom stereocenters. The Morgan fingerprint density at radius 1 is 1.29 bits per heavy atom. The number of halogens is 1. The molecule has 1 heterocycles. The molecule has 6 heteroatoms. The van der Waals surface area contributed by atoms with Crippen LogP contribution < -0.4 is 9.64 Å². The lowest BCUT2D eigenvalue weighted by Gasteiger charge is -2.22. The van der Waals surface area contributed by atoms with E-state index in [0.29, 0.717) is 29.0 Å². The number of hydrogen-bond acceptors (Lipinski definition) is 3. The summed E-state index contributed by atoms with van der Waals surface area (Å²) in [6.07, 6.45) is 2.04. The van der Waals surface area contributed by atoms with Crippen molar-refractivity contribution in [3.05, 3.63) is 52.7 Å². The van der Waals surface area contributed by atoms with Gasteiger partial charge in [-0.3, -0.25) is 4.79 Å². The maximum absolute atomic E-state index is 11.1. The predicted octanol–water partition coefficient (Wildman–Crippen LogP) is 5.96. The Bertz CT molecular complexity index is 987. The molecule has 0 atom stereocenters. The van der Waals surface area contributed by atoms with E-state index < -0.39 is 5.97 Å². The summed E-state index contributed by atoms with van der Waals surface area (Å²) in [5.41, 5.74) is 3.93. The van der Waals surface area contributed by atoms with Crippen LogP contribution in [0.15, 0.2) is 36.5 Å². The van der Waals surface area contributed by atoms with Crippen LogP contribution in [0.25, 0.3) is 10.9 Å². The van der Waals surface area contributed by atoms with Crippen LogP contribution in [0.2, 0.25) is 5.02 Å². The van der Waals surface area contributed by atoms with E-state index >= 15 is 0 Å². The standard InChI is InChI=1S/C22H25ClN2O3/c1-5-25(12-21(26)27)15-8-14(4)22(19(23)9-15)28-16-6-7-20-17(10-16)18(11-24-20)13(2)3/h6-11,13,24H,5,12H2,1-4H3,(H,26,27). The summed E-state index contributed by atoms with van der Waals surface area (Å²) >= 11 is 6.50. The van der Waals surface area contributed by atoms with Gasteiger partial charge >= 0.3 is 5.97 Å². The lowest BCUT2D eigenvalue weighted by atomic mass is 10.0. The van der Waals surface area contributed by atoms with E-state index in [0.717, 1.165) is 22.2 Å². The van der Waals surface area contributed by atoms with Crippen molar-refractivity contribution in [1.29, 1.82) is 0 Å². The Balaban J connectivity index is 1.93. The quantitative estimate of drug-likeness (QED) is 0.513. The van der Waals surface area contributed by atoms with Gasteiger partial charge < -0.3 is 19.7 Å². The van der Waals surface area contributed by atoms with E-state index in [1.54, 1.807) is 11.0 Å². The van der Waals surface area contributed by atoms with Crippen molar-refractivity contribution >= 4 is 34.2 Å². The highest BCUT2D eigenvalue weighted by Crippen LogP contribution is 2.38. The highest BCUT2D eigenvalue weighted by atomic mass is 35.5. The van der Waals surface area contributed by atoms with Crippen LogP contribution in [-0.4, -0.2) is 29.1 Å². The summed E-state index contributed by atoms with van der Waals surface area (Å²) in [6.45, 7) is 8.64. The third-order valence-corrected chi connectivity index (χ3v) is 5.09. The second kappa shape index (κ2) is 8.15. The van der Waals surface area contributed by atoms with E-state index in [1.807, 2.05) is 44.3 Å². The minimum absolute atomic E-state index is 0.0748. The summed E-state index contributed by atoms with van der Waals surface area (Å²) < 4.78 is 6.12. The van der Waals surface area contributed by atoms with Crippen LogP contribution in [0.3, 0.4) is 0 Å². The fourth-order valence-corrected chi connectivity index (χ4v) is 3.65. The smallest absolute Gasteiger partial charge is 0.323 e. The van der Waals surface area contributed by atoms with Crippen molar-refractivity contribution in [2.45, 2.75) is 33.6 Å². The first-order valence-electron chi connectivity index (χ1n) is 9.36. The monoisotopic (exact) mass is 400 g/mol. The summed E-state index contributed by atoms with van der Waals surface area (Å²) in [5.74, 6) is 0.821. The zero-order chi connectivity index (χ0) is 20.4. The average Bonchev–Trinajstić information content (AvgIpc) is 3.05. The van der Waals surface area contributed by atoms with Crippen LogP contribution in [0.5, 0.6) is 11.5 Å². The molecule has 148 valence electrons. The van der Waals surface area contributed by atoms with Crippen molar-refractivity contribution < 1.29 is 14.6 Å². The van der Waals surface area contributed by atoms with E-state index in [2.05, 4.69) is 18.8 Å². The average molecular weight is 401 g/mol. The van der Waals surface area contributed by atoms with Gasteiger partial charge in [0.05, 0.1) is 5.02 Å². The van der Waals surface area contributed by atoms with Crippen molar-refractivity contribution in [2.75, 3.05) is 18.0 Å². The predicted molar refractivity (Wildman–Crippen MR) is 114 cm³/mol. The number of rotatable bonds is 7. The van der Waals surface area contributed by atoms with Gasteiger partial charge in [0.15, 0.2) is 0 Å². The summed E-state index contributed by atoms with van der Waals surface area (Å²) in [4.78, 5) is 16.1. The number of aromatic amines is 1. The minimum atomic E-state index is -0.878. The van der Waals surface area contributed by atoms with Crippen LogP contribution in [-0.2, 0) is 4.79 Å². The Morgan fingerprint density at radius 2 is 2.04 bits per heavy atom. The second-order valence-electron chi connectivity index (χ2n) is 7.19. The van der Waals surface area contributed by atoms with Crippen molar-refractivity contribution in [1.82, 2.24) is 4.98 Å². The Morgan fingerprint density at radius 3 is 2.64 bits per heavy atom.